The van der Waals surface area contributed by atoms with Gasteiger partial charge in [0.25, 0.3) is 0 Å². The molecule has 0 N–H and O–H groups in total. The molecule has 126 valence electrons. The van der Waals surface area contributed by atoms with Crippen LogP contribution in [0.3, 0.4) is 0 Å². The van der Waals surface area contributed by atoms with E-state index in [4.69, 9.17) is 4.74 Å². The molecule has 0 spiro atoms. The average Bonchev–Trinajstić information content (AvgIpc) is 3.05. The van der Waals surface area contributed by atoms with Gasteiger partial charge in [0.05, 0.1) is 6.04 Å². The lowest BCUT2D eigenvalue weighted by molar-refractivity contribution is -0.133. The third kappa shape index (κ3) is 3.68. The summed E-state index contributed by atoms with van der Waals surface area (Å²) in [5, 5.41) is 0. The van der Waals surface area contributed by atoms with Gasteiger partial charge in [-0.2, -0.15) is 0 Å². The van der Waals surface area contributed by atoms with Gasteiger partial charge < -0.3 is 9.64 Å². The zero-order valence-corrected chi connectivity index (χ0v) is 14.2. The Morgan fingerprint density at radius 2 is 1.62 bits per heavy atom. The van der Waals surface area contributed by atoms with Gasteiger partial charge in [-0.05, 0) is 24.0 Å². The minimum atomic E-state index is -0.143. The van der Waals surface area contributed by atoms with Crippen molar-refractivity contribution in [3.8, 4) is 0 Å². The molecule has 3 nitrogen and oxygen atoms in total. The summed E-state index contributed by atoms with van der Waals surface area (Å²) in [6, 6.07) is 20.5. The van der Waals surface area contributed by atoms with Crippen LogP contribution in [0.4, 0.5) is 0 Å². The van der Waals surface area contributed by atoms with E-state index in [2.05, 4.69) is 31.2 Å². The quantitative estimate of drug-likeness (QED) is 0.750. The molecule has 2 aromatic carbocycles. The molecule has 1 heterocycles. The van der Waals surface area contributed by atoms with E-state index in [1.165, 1.54) is 0 Å². The van der Waals surface area contributed by atoms with Gasteiger partial charge in [-0.1, -0.05) is 67.6 Å². The summed E-state index contributed by atoms with van der Waals surface area (Å²) in [6.07, 6.45) is 2.38. The van der Waals surface area contributed by atoms with E-state index < -0.39 is 0 Å². The lowest BCUT2D eigenvalue weighted by Gasteiger charge is -2.35. The Morgan fingerprint density at radius 3 is 2.17 bits per heavy atom. The second kappa shape index (κ2) is 8.11. The molecule has 2 atom stereocenters. The topological polar surface area (TPSA) is 29.5 Å². The second-order valence-corrected chi connectivity index (χ2v) is 6.25. The van der Waals surface area contributed by atoms with E-state index in [9.17, 15) is 4.79 Å². The van der Waals surface area contributed by atoms with Gasteiger partial charge in [-0.15, -0.1) is 0 Å². The molecule has 0 bridgehead atoms. The number of hydrogen-bond donors (Lipinski definition) is 0. The predicted molar refractivity (Wildman–Crippen MR) is 95.6 cm³/mol. The minimum absolute atomic E-state index is 0.0739. The molecule has 1 aliphatic heterocycles. The van der Waals surface area contributed by atoms with Crippen LogP contribution in [0.2, 0.25) is 0 Å². The molecule has 0 saturated carbocycles. The van der Waals surface area contributed by atoms with Gasteiger partial charge in [0.2, 0.25) is 5.91 Å². The maximum Gasteiger partial charge on any atom is 0.223 e. The average molecular weight is 323 g/mol. The van der Waals surface area contributed by atoms with E-state index >= 15 is 0 Å². The molecule has 0 aromatic heterocycles. The number of nitrogens with zero attached hydrogens (tertiary/aromatic N) is 1. The highest BCUT2D eigenvalue weighted by molar-refractivity contribution is 5.78. The van der Waals surface area contributed by atoms with Crippen LogP contribution in [0, 0.1) is 0 Å². The SMILES string of the molecule is CCCO[C@@H](c1ccccc1)[C@@H](c1ccccc1)N1CCCC1=O. The molecule has 24 heavy (non-hydrogen) atoms. The zero-order valence-electron chi connectivity index (χ0n) is 14.2. The fourth-order valence-electron chi connectivity index (χ4n) is 3.39. The molecule has 0 radical (unpaired) electrons. The van der Waals surface area contributed by atoms with Crippen LogP contribution < -0.4 is 0 Å². The van der Waals surface area contributed by atoms with Crippen molar-refractivity contribution in [3.05, 3.63) is 71.8 Å². The number of benzene rings is 2. The number of rotatable bonds is 7. The Hall–Kier alpha value is -2.13. The molecule has 2 aromatic rings. The van der Waals surface area contributed by atoms with Crippen molar-refractivity contribution in [2.45, 2.75) is 38.3 Å². The Bertz CT molecular complexity index is 641. The third-order valence-electron chi connectivity index (χ3n) is 4.50. The van der Waals surface area contributed by atoms with Gasteiger partial charge in [-0.3, -0.25) is 4.79 Å². The first-order chi connectivity index (χ1) is 11.8. The van der Waals surface area contributed by atoms with Crippen molar-refractivity contribution in [1.82, 2.24) is 4.90 Å². The molecule has 1 aliphatic rings. The largest absolute Gasteiger partial charge is 0.371 e. The van der Waals surface area contributed by atoms with Crippen LogP contribution in [0.15, 0.2) is 60.7 Å². The summed E-state index contributed by atoms with van der Waals surface area (Å²) in [4.78, 5) is 14.5. The Balaban J connectivity index is 2.01. The Morgan fingerprint density at radius 1 is 1.00 bits per heavy atom. The zero-order chi connectivity index (χ0) is 16.8. The highest BCUT2D eigenvalue weighted by Crippen LogP contribution is 2.39. The van der Waals surface area contributed by atoms with Crippen LogP contribution in [-0.2, 0) is 9.53 Å². The minimum Gasteiger partial charge on any atom is -0.371 e. The van der Waals surface area contributed by atoms with Crippen molar-refractivity contribution < 1.29 is 9.53 Å². The lowest BCUT2D eigenvalue weighted by atomic mass is 9.94. The molecule has 3 heteroatoms. The third-order valence-corrected chi connectivity index (χ3v) is 4.50. The van der Waals surface area contributed by atoms with E-state index in [1.54, 1.807) is 0 Å². The molecule has 0 aliphatic carbocycles. The highest BCUT2D eigenvalue weighted by atomic mass is 16.5. The first-order valence-electron chi connectivity index (χ1n) is 8.82. The first-order valence-corrected chi connectivity index (χ1v) is 8.82. The van der Waals surface area contributed by atoms with Gasteiger partial charge in [0.15, 0.2) is 0 Å². The second-order valence-electron chi connectivity index (χ2n) is 6.25. The fraction of sp³-hybridized carbons (Fsp3) is 0.381. The summed E-state index contributed by atoms with van der Waals surface area (Å²) in [6.45, 7) is 3.60. The number of hydrogen-bond acceptors (Lipinski definition) is 2. The van der Waals surface area contributed by atoms with Crippen LogP contribution >= 0.6 is 0 Å². The molecule has 1 amide bonds. The van der Waals surface area contributed by atoms with Gasteiger partial charge >= 0.3 is 0 Å². The predicted octanol–water partition coefficient (Wildman–Crippen LogP) is 4.52. The van der Waals surface area contributed by atoms with E-state index in [1.807, 2.05) is 41.3 Å². The van der Waals surface area contributed by atoms with Crippen LogP contribution in [-0.4, -0.2) is 24.0 Å². The molecular formula is C21H25NO2. The van der Waals surface area contributed by atoms with Gasteiger partial charge in [0.1, 0.15) is 6.10 Å². The van der Waals surface area contributed by atoms with E-state index in [0.717, 1.165) is 30.5 Å². The van der Waals surface area contributed by atoms with Crippen LogP contribution in [0.1, 0.15) is 49.5 Å². The van der Waals surface area contributed by atoms with Gasteiger partial charge in [-0.25, -0.2) is 0 Å². The molecule has 1 saturated heterocycles. The van der Waals surface area contributed by atoms with Crippen molar-refractivity contribution in [2.75, 3.05) is 13.2 Å². The lowest BCUT2D eigenvalue weighted by Crippen LogP contribution is -2.35. The first kappa shape index (κ1) is 16.7. The van der Waals surface area contributed by atoms with Crippen molar-refractivity contribution >= 4 is 5.91 Å². The summed E-state index contributed by atoms with van der Waals surface area (Å²) in [5.74, 6) is 0.227. The number of amides is 1. The maximum atomic E-state index is 12.5. The fourth-order valence-corrected chi connectivity index (χ4v) is 3.39. The maximum absolute atomic E-state index is 12.5. The van der Waals surface area contributed by atoms with E-state index in [0.29, 0.717) is 13.0 Å². The van der Waals surface area contributed by atoms with Crippen molar-refractivity contribution in [2.24, 2.45) is 0 Å². The van der Waals surface area contributed by atoms with E-state index in [-0.39, 0.29) is 18.1 Å². The van der Waals surface area contributed by atoms with Crippen molar-refractivity contribution in [1.29, 1.82) is 0 Å². The Kier molecular flexibility index (Phi) is 5.65. The number of carbonyl (C=O) groups is 1. The van der Waals surface area contributed by atoms with Crippen molar-refractivity contribution in [3.63, 3.8) is 0 Å². The monoisotopic (exact) mass is 323 g/mol. The number of likely N-dealkylation sites (tertiary alicyclic amines) is 1. The summed E-state index contributed by atoms with van der Waals surface area (Å²) in [7, 11) is 0. The molecule has 3 rings (SSSR count). The summed E-state index contributed by atoms with van der Waals surface area (Å²) in [5.41, 5.74) is 2.26. The summed E-state index contributed by atoms with van der Waals surface area (Å²) >= 11 is 0. The van der Waals surface area contributed by atoms with Gasteiger partial charge in [0, 0.05) is 19.6 Å². The number of ether oxygens (including phenoxy) is 1. The standard InChI is InChI=1S/C21H25NO2/c1-2-16-24-21(18-12-7-4-8-13-18)20(17-10-5-3-6-11-17)22-15-9-14-19(22)23/h3-8,10-13,20-21H,2,9,14-16H2,1H3/t20-,21+/m1/s1. The highest BCUT2D eigenvalue weighted by Gasteiger charge is 2.36. The summed E-state index contributed by atoms with van der Waals surface area (Å²) < 4.78 is 6.26. The molecular weight excluding hydrogens is 298 g/mol. The number of carbonyl (C=O) groups excluding carboxylic acids is 1. The van der Waals surface area contributed by atoms with Crippen LogP contribution in [0.5, 0.6) is 0 Å². The molecule has 0 unspecified atom stereocenters. The normalized spacial score (nSPS) is 17.0. The van der Waals surface area contributed by atoms with Crippen LogP contribution in [0.25, 0.3) is 0 Å². The smallest absolute Gasteiger partial charge is 0.223 e. The Labute approximate surface area is 144 Å². The molecule has 1 fully saturated rings.